The van der Waals surface area contributed by atoms with Crippen molar-refractivity contribution in [1.82, 2.24) is 34.3 Å². The molecular weight excluding hydrogens is 474 g/mol. The van der Waals surface area contributed by atoms with Gasteiger partial charge in [-0.2, -0.15) is 0 Å². The third kappa shape index (κ3) is 3.60. The van der Waals surface area contributed by atoms with Crippen LogP contribution in [0.5, 0.6) is 0 Å². The zero-order valence-electron chi connectivity index (χ0n) is 19.6. The number of carbonyl (C=O) groups is 1. The number of hydrogen-bond donors (Lipinski definition) is 1. The topological polar surface area (TPSA) is 107 Å². The number of carbonyl (C=O) groups excluding carboxylic acids is 1. The Morgan fingerprint density at radius 1 is 1.06 bits per heavy atom. The molecule has 11 heteroatoms. The summed E-state index contributed by atoms with van der Waals surface area (Å²) in [6.07, 6.45) is 13.6. The maximum Gasteiger partial charge on any atom is 0.275 e. The van der Waals surface area contributed by atoms with Gasteiger partial charge in [0.1, 0.15) is 17.8 Å². The Hall–Kier alpha value is -3.60. The van der Waals surface area contributed by atoms with Crippen molar-refractivity contribution in [3.8, 4) is 16.5 Å². The molecule has 2 unspecified atom stereocenters. The van der Waals surface area contributed by atoms with Gasteiger partial charge in [0, 0.05) is 36.6 Å². The van der Waals surface area contributed by atoms with Gasteiger partial charge in [-0.1, -0.05) is 0 Å². The molecule has 0 spiro atoms. The number of amides is 1. The normalized spacial score (nSPS) is 22.6. The van der Waals surface area contributed by atoms with Crippen LogP contribution in [0.1, 0.15) is 60.2 Å². The van der Waals surface area contributed by atoms with Crippen molar-refractivity contribution in [3.63, 3.8) is 0 Å². The highest BCUT2D eigenvalue weighted by atomic mass is 32.1. The van der Waals surface area contributed by atoms with Crippen LogP contribution in [0.3, 0.4) is 0 Å². The second kappa shape index (κ2) is 7.70. The first-order valence-corrected chi connectivity index (χ1v) is 13.5. The van der Waals surface area contributed by atoms with Gasteiger partial charge in [-0.05, 0) is 50.0 Å². The zero-order valence-corrected chi connectivity index (χ0v) is 20.4. The zero-order chi connectivity index (χ0) is 23.8. The molecule has 4 aliphatic rings. The molecule has 3 saturated carbocycles. The highest BCUT2D eigenvalue weighted by molar-refractivity contribution is 7.13. The van der Waals surface area contributed by atoms with Crippen LogP contribution >= 0.6 is 11.3 Å². The molecule has 0 aromatic carbocycles. The molecule has 0 radical (unpaired) electrons. The summed E-state index contributed by atoms with van der Waals surface area (Å²) in [5, 5.41) is 13.8. The minimum absolute atomic E-state index is 0.282. The molecule has 1 N–H and O–H groups in total. The van der Waals surface area contributed by atoms with Crippen molar-refractivity contribution >= 4 is 28.7 Å². The summed E-state index contributed by atoms with van der Waals surface area (Å²) in [5.41, 5.74) is 3.50. The molecule has 8 rings (SSSR count). The van der Waals surface area contributed by atoms with Gasteiger partial charge in [0.15, 0.2) is 10.8 Å². The van der Waals surface area contributed by atoms with E-state index in [4.69, 9.17) is 0 Å². The Bertz CT molecular complexity index is 1470. The smallest absolute Gasteiger partial charge is 0.275 e. The predicted octanol–water partition coefficient (Wildman–Crippen LogP) is 3.90. The van der Waals surface area contributed by atoms with Crippen LogP contribution in [0, 0.1) is 11.8 Å². The Balaban J connectivity index is 1.08. The number of imidazole rings is 1. The number of thiazole rings is 1. The van der Waals surface area contributed by atoms with Gasteiger partial charge in [-0.25, -0.2) is 15.0 Å². The van der Waals surface area contributed by atoms with Gasteiger partial charge in [0.05, 0.1) is 29.6 Å². The second-order valence-corrected chi connectivity index (χ2v) is 11.3. The highest BCUT2D eigenvalue weighted by Crippen LogP contribution is 2.47. The van der Waals surface area contributed by atoms with Crippen LogP contribution in [0.15, 0.2) is 36.5 Å². The van der Waals surface area contributed by atoms with E-state index in [1.807, 2.05) is 24.0 Å². The van der Waals surface area contributed by atoms with Gasteiger partial charge in [0.2, 0.25) is 0 Å². The summed E-state index contributed by atoms with van der Waals surface area (Å²) in [5.74, 6) is 3.14. The first-order chi connectivity index (χ1) is 17.7. The van der Waals surface area contributed by atoms with Crippen LogP contribution in [0.25, 0.3) is 16.5 Å². The fourth-order valence-electron chi connectivity index (χ4n) is 5.30. The van der Waals surface area contributed by atoms with Crippen molar-refractivity contribution in [3.05, 3.63) is 47.9 Å². The number of rotatable bonds is 7. The number of anilines is 2. The molecule has 4 aromatic rings. The molecule has 1 saturated heterocycles. The summed E-state index contributed by atoms with van der Waals surface area (Å²) in [6.45, 7) is 2.12. The van der Waals surface area contributed by atoms with Crippen LogP contribution in [0.2, 0.25) is 0 Å². The summed E-state index contributed by atoms with van der Waals surface area (Å²) < 4.78 is 4.12. The van der Waals surface area contributed by atoms with E-state index in [1.165, 1.54) is 30.6 Å². The first kappa shape index (κ1) is 20.6. The molecule has 3 aliphatic carbocycles. The van der Waals surface area contributed by atoms with Crippen LogP contribution < -0.4 is 10.2 Å². The second-order valence-electron chi connectivity index (χ2n) is 10.5. The van der Waals surface area contributed by atoms with Gasteiger partial charge in [0.25, 0.3) is 5.91 Å². The Labute approximate surface area is 211 Å². The van der Waals surface area contributed by atoms with E-state index in [0.29, 0.717) is 23.5 Å². The number of hydrogen-bond acceptors (Lipinski definition) is 8. The average Bonchev–Trinajstić information content (AvgIpc) is 3.86. The maximum absolute atomic E-state index is 13.2. The number of nitrogens with zero attached hydrogens (tertiary/aromatic N) is 8. The van der Waals surface area contributed by atoms with E-state index >= 15 is 0 Å². The number of nitrogens with one attached hydrogen (secondary N) is 1. The van der Waals surface area contributed by atoms with E-state index in [0.717, 1.165) is 65.7 Å². The van der Waals surface area contributed by atoms with Gasteiger partial charge in [-0.15, -0.1) is 21.5 Å². The SMILES string of the molecule is O=C(Nc1csc(-c2nncn2C2CC2)n1)c1cc(-n2cnc(C3CC3)c2)c(N2CC3CC3C2)cn1. The molecule has 10 nitrogen and oxygen atoms in total. The fourth-order valence-corrected chi connectivity index (χ4v) is 6.03. The molecule has 0 bridgehead atoms. The summed E-state index contributed by atoms with van der Waals surface area (Å²) >= 11 is 1.45. The minimum Gasteiger partial charge on any atom is -0.368 e. The van der Waals surface area contributed by atoms with Gasteiger partial charge in [-0.3, -0.25) is 4.79 Å². The molecule has 1 amide bonds. The van der Waals surface area contributed by atoms with Gasteiger partial charge >= 0.3 is 0 Å². The van der Waals surface area contributed by atoms with E-state index in [2.05, 4.69) is 50.7 Å². The number of piperidine rings is 1. The summed E-state index contributed by atoms with van der Waals surface area (Å²) in [7, 11) is 0. The number of aromatic nitrogens is 7. The molecule has 182 valence electrons. The van der Waals surface area contributed by atoms with Gasteiger partial charge < -0.3 is 19.4 Å². The third-order valence-corrected chi connectivity index (χ3v) is 8.58. The lowest BCUT2D eigenvalue weighted by atomic mass is 10.2. The standard InChI is InChI=1S/C25H25N9OS/c35-24(29-22-11-36-25(30-22)23-31-28-13-34(23)17-3-4-17)18-6-20(33-10-19(27-12-33)14-1-2-14)21(7-26-18)32-8-15-5-16(15)9-32/h6-7,10-17H,1-5,8-9H2,(H,29,35). The van der Waals surface area contributed by atoms with Crippen molar-refractivity contribution < 1.29 is 4.79 Å². The molecule has 4 fully saturated rings. The largest absolute Gasteiger partial charge is 0.368 e. The van der Waals surface area contributed by atoms with E-state index in [1.54, 1.807) is 6.33 Å². The monoisotopic (exact) mass is 499 g/mol. The Kier molecular flexibility index (Phi) is 4.40. The Morgan fingerprint density at radius 2 is 1.92 bits per heavy atom. The Morgan fingerprint density at radius 3 is 2.72 bits per heavy atom. The third-order valence-electron chi connectivity index (χ3n) is 7.74. The highest BCUT2D eigenvalue weighted by Gasteiger charge is 2.45. The van der Waals surface area contributed by atoms with E-state index in [-0.39, 0.29) is 5.91 Å². The molecule has 36 heavy (non-hydrogen) atoms. The number of pyridine rings is 1. The van der Waals surface area contributed by atoms with Crippen molar-refractivity contribution in [2.45, 2.75) is 44.1 Å². The lowest BCUT2D eigenvalue weighted by molar-refractivity contribution is 0.102. The maximum atomic E-state index is 13.2. The lowest BCUT2D eigenvalue weighted by Gasteiger charge is -2.23. The minimum atomic E-state index is -0.282. The van der Waals surface area contributed by atoms with Crippen LogP contribution in [-0.4, -0.2) is 53.3 Å². The lowest BCUT2D eigenvalue weighted by Crippen LogP contribution is -2.24. The van der Waals surface area contributed by atoms with Crippen molar-refractivity contribution in [2.75, 3.05) is 23.3 Å². The summed E-state index contributed by atoms with van der Waals surface area (Å²) in [4.78, 5) is 29.4. The quantitative estimate of drug-likeness (QED) is 0.411. The molecular formula is C25H25N9OS. The summed E-state index contributed by atoms with van der Waals surface area (Å²) in [6, 6.07) is 2.34. The van der Waals surface area contributed by atoms with E-state index < -0.39 is 0 Å². The van der Waals surface area contributed by atoms with E-state index in [9.17, 15) is 4.79 Å². The molecule has 4 aromatic heterocycles. The average molecular weight is 500 g/mol. The fraction of sp³-hybridized carbons (Fsp3) is 0.440. The predicted molar refractivity (Wildman–Crippen MR) is 134 cm³/mol. The molecule has 2 atom stereocenters. The molecule has 1 aliphatic heterocycles. The van der Waals surface area contributed by atoms with Crippen LogP contribution in [0.4, 0.5) is 11.5 Å². The van der Waals surface area contributed by atoms with Crippen LogP contribution in [-0.2, 0) is 0 Å². The molecule has 5 heterocycles. The number of fused-ring (bicyclic) bond motifs is 1. The first-order valence-electron chi connectivity index (χ1n) is 12.7. The van der Waals surface area contributed by atoms with Crippen molar-refractivity contribution in [2.24, 2.45) is 11.8 Å². The van der Waals surface area contributed by atoms with Crippen molar-refractivity contribution in [1.29, 1.82) is 0 Å².